The number of nitrogens with one attached hydrogen (secondary N) is 1. The van der Waals surface area contributed by atoms with Crippen molar-refractivity contribution in [3.05, 3.63) is 78.5 Å². The van der Waals surface area contributed by atoms with Crippen LogP contribution in [0.25, 0.3) is 22.0 Å². The van der Waals surface area contributed by atoms with E-state index < -0.39 is 0 Å². The summed E-state index contributed by atoms with van der Waals surface area (Å²) < 4.78 is 5.47. The van der Waals surface area contributed by atoms with Gasteiger partial charge in [-0.3, -0.25) is 0 Å². The van der Waals surface area contributed by atoms with Crippen molar-refractivity contribution in [2.45, 2.75) is 0 Å². The normalized spacial score (nSPS) is 11.0. The molecule has 0 saturated heterocycles. The highest BCUT2D eigenvalue weighted by molar-refractivity contribution is 6.02. The van der Waals surface area contributed by atoms with Crippen LogP contribution in [0.5, 0.6) is 5.75 Å². The average Bonchev–Trinajstić information content (AvgIpc) is 2.74. The van der Waals surface area contributed by atoms with E-state index in [2.05, 4.69) is 31.8 Å². The lowest BCUT2D eigenvalue weighted by Gasteiger charge is -2.08. The molecule has 4 rings (SSSR count). The Morgan fingerprint density at radius 1 is 0.963 bits per heavy atom. The van der Waals surface area contributed by atoms with Crippen LogP contribution in [-0.4, -0.2) is 28.5 Å². The third kappa shape index (κ3) is 3.59. The smallest absolute Gasteiger partial charge is 0.263 e. The van der Waals surface area contributed by atoms with Crippen LogP contribution in [0, 0.1) is 0 Å². The van der Waals surface area contributed by atoms with Gasteiger partial charge in [-0.1, -0.05) is 60.7 Å². The fourth-order valence-corrected chi connectivity index (χ4v) is 2.84. The highest BCUT2D eigenvalue weighted by Crippen LogP contribution is 2.26. The third-order valence-electron chi connectivity index (χ3n) is 4.14. The van der Waals surface area contributed by atoms with Gasteiger partial charge in [0.05, 0.1) is 25.2 Å². The lowest BCUT2D eigenvalue weighted by molar-refractivity contribution is 0.415. The van der Waals surface area contributed by atoms with Crippen molar-refractivity contribution >= 4 is 22.9 Å². The van der Waals surface area contributed by atoms with Gasteiger partial charge in [-0.15, -0.1) is 5.10 Å². The third-order valence-corrected chi connectivity index (χ3v) is 4.14. The summed E-state index contributed by atoms with van der Waals surface area (Å²) in [5.74, 6) is 1.07. The molecular formula is C21H17N5O. The lowest BCUT2D eigenvalue weighted by Crippen LogP contribution is -2.00. The number of ether oxygens (including phenoxy) is 1. The number of hydrazone groups is 1. The molecule has 1 heterocycles. The number of fused-ring (bicyclic) bond motifs is 1. The summed E-state index contributed by atoms with van der Waals surface area (Å²) in [5, 5.41) is 14.4. The summed E-state index contributed by atoms with van der Waals surface area (Å²) in [7, 11) is 1.64. The van der Waals surface area contributed by atoms with E-state index in [9.17, 15) is 0 Å². The fraction of sp³-hybridized carbons (Fsp3) is 0.0476. The molecule has 0 radical (unpaired) electrons. The first-order valence-electron chi connectivity index (χ1n) is 8.45. The Hall–Kier alpha value is -3.80. The Morgan fingerprint density at radius 2 is 1.78 bits per heavy atom. The number of nitrogens with zero attached hydrogens (tertiary/aromatic N) is 4. The maximum absolute atomic E-state index is 5.47. The molecule has 0 aliphatic heterocycles. The quantitative estimate of drug-likeness (QED) is 0.430. The molecule has 0 aliphatic rings. The van der Waals surface area contributed by atoms with Crippen molar-refractivity contribution in [3.63, 3.8) is 0 Å². The van der Waals surface area contributed by atoms with E-state index >= 15 is 0 Å². The van der Waals surface area contributed by atoms with Gasteiger partial charge in [-0.25, -0.2) is 10.4 Å². The maximum Gasteiger partial charge on any atom is 0.263 e. The zero-order chi connectivity index (χ0) is 18.5. The van der Waals surface area contributed by atoms with Crippen LogP contribution in [0.3, 0.4) is 0 Å². The molecule has 1 N–H and O–H groups in total. The Bertz CT molecular complexity index is 1100. The Labute approximate surface area is 156 Å². The summed E-state index contributed by atoms with van der Waals surface area (Å²) in [6.45, 7) is 0. The van der Waals surface area contributed by atoms with Crippen LogP contribution in [0.1, 0.15) is 5.56 Å². The van der Waals surface area contributed by atoms with E-state index in [4.69, 9.17) is 4.74 Å². The largest absolute Gasteiger partial charge is 0.496 e. The average molecular weight is 355 g/mol. The van der Waals surface area contributed by atoms with Crippen LogP contribution < -0.4 is 10.2 Å². The second-order valence-electron chi connectivity index (χ2n) is 5.80. The first-order valence-corrected chi connectivity index (χ1v) is 8.45. The predicted molar refractivity (Wildman–Crippen MR) is 107 cm³/mol. The molecule has 4 aromatic rings. The van der Waals surface area contributed by atoms with Crippen LogP contribution in [-0.2, 0) is 0 Å². The summed E-state index contributed by atoms with van der Waals surface area (Å²) in [6, 6.07) is 21.8. The minimum absolute atomic E-state index is 0.326. The number of benzene rings is 3. The van der Waals surface area contributed by atoms with Crippen LogP contribution in [0.2, 0.25) is 0 Å². The fourth-order valence-electron chi connectivity index (χ4n) is 2.84. The SMILES string of the molecule is COc1ccc2ccccc2c1/C=N\Nc1nncc(-c2ccccc2)n1. The van der Waals surface area contributed by atoms with E-state index in [1.54, 1.807) is 19.5 Å². The maximum atomic E-state index is 5.47. The highest BCUT2D eigenvalue weighted by atomic mass is 16.5. The number of rotatable bonds is 5. The van der Waals surface area contributed by atoms with Crippen molar-refractivity contribution in [1.29, 1.82) is 0 Å². The van der Waals surface area contributed by atoms with E-state index in [0.29, 0.717) is 5.95 Å². The standard InChI is InChI=1S/C21H17N5O/c1-27-20-12-11-15-7-5-6-10-17(15)18(20)13-22-25-21-24-19(14-23-26-21)16-8-3-2-4-9-16/h2-14H,1H3,(H,24,25,26)/b22-13-. The Balaban J connectivity index is 1.61. The first kappa shape index (κ1) is 16.7. The topological polar surface area (TPSA) is 72.3 Å². The highest BCUT2D eigenvalue weighted by Gasteiger charge is 2.06. The van der Waals surface area contributed by atoms with Crippen molar-refractivity contribution in [2.75, 3.05) is 12.5 Å². The van der Waals surface area contributed by atoms with Gasteiger partial charge in [0, 0.05) is 11.1 Å². The summed E-state index contributed by atoms with van der Waals surface area (Å²) in [6.07, 6.45) is 3.33. The van der Waals surface area contributed by atoms with E-state index in [1.165, 1.54) is 0 Å². The van der Waals surface area contributed by atoms with E-state index in [-0.39, 0.29) is 0 Å². The van der Waals surface area contributed by atoms with E-state index in [0.717, 1.165) is 33.3 Å². The predicted octanol–water partition coefficient (Wildman–Crippen LogP) is 4.15. The minimum Gasteiger partial charge on any atom is -0.496 e. The molecule has 27 heavy (non-hydrogen) atoms. The van der Waals surface area contributed by atoms with Crippen molar-refractivity contribution in [2.24, 2.45) is 5.10 Å². The number of anilines is 1. The zero-order valence-corrected chi connectivity index (χ0v) is 14.7. The van der Waals surface area contributed by atoms with Crippen molar-refractivity contribution < 1.29 is 4.74 Å². The molecular weight excluding hydrogens is 338 g/mol. The molecule has 0 aliphatic carbocycles. The molecule has 0 atom stereocenters. The summed E-state index contributed by atoms with van der Waals surface area (Å²) in [5.41, 5.74) is 5.43. The molecule has 1 aromatic heterocycles. The van der Waals surface area contributed by atoms with Crippen LogP contribution >= 0.6 is 0 Å². The molecule has 0 spiro atoms. The van der Waals surface area contributed by atoms with Gasteiger partial charge < -0.3 is 4.74 Å². The van der Waals surface area contributed by atoms with Gasteiger partial charge in [-0.05, 0) is 16.8 Å². The van der Waals surface area contributed by atoms with Crippen molar-refractivity contribution in [3.8, 4) is 17.0 Å². The number of methoxy groups -OCH3 is 1. The van der Waals surface area contributed by atoms with Gasteiger partial charge in [0.15, 0.2) is 0 Å². The summed E-state index contributed by atoms with van der Waals surface area (Å²) >= 11 is 0. The Morgan fingerprint density at radius 3 is 2.63 bits per heavy atom. The Kier molecular flexibility index (Phi) is 4.70. The molecule has 0 fully saturated rings. The minimum atomic E-state index is 0.326. The van der Waals surface area contributed by atoms with Crippen molar-refractivity contribution in [1.82, 2.24) is 15.2 Å². The van der Waals surface area contributed by atoms with E-state index in [1.807, 2.05) is 60.7 Å². The van der Waals surface area contributed by atoms with Crippen LogP contribution in [0.4, 0.5) is 5.95 Å². The second kappa shape index (κ2) is 7.61. The molecule has 0 unspecified atom stereocenters. The number of hydrogen-bond acceptors (Lipinski definition) is 6. The van der Waals surface area contributed by atoms with Gasteiger partial charge >= 0.3 is 0 Å². The lowest BCUT2D eigenvalue weighted by atomic mass is 10.0. The molecule has 132 valence electrons. The zero-order valence-electron chi connectivity index (χ0n) is 14.7. The van der Waals surface area contributed by atoms with Gasteiger partial charge in [0.1, 0.15) is 5.75 Å². The van der Waals surface area contributed by atoms with Crippen LogP contribution in [0.15, 0.2) is 78.0 Å². The molecule has 0 saturated carbocycles. The van der Waals surface area contributed by atoms with Gasteiger partial charge in [0.25, 0.3) is 5.95 Å². The van der Waals surface area contributed by atoms with Gasteiger partial charge in [0.2, 0.25) is 0 Å². The molecule has 6 heteroatoms. The molecule has 0 amide bonds. The molecule has 6 nitrogen and oxygen atoms in total. The summed E-state index contributed by atoms with van der Waals surface area (Å²) in [4.78, 5) is 4.45. The number of hydrogen-bond donors (Lipinski definition) is 1. The monoisotopic (exact) mass is 355 g/mol. The number of aromatic nitrogens is 3. The molecule has 0 bridgehead atoms. The second-order valence-corrected chi connectivity index (χ2v) is 5.80. The first-order chi connectivity index (χ1) is 13.3. The van der Waals surface area contributed by atoms with Gasteiger partial charge in [-0.2, -0.15) is 10.2 Å². The molecule has 3 aromatic carbocycles.